The van der Waals surface area contributed by atoms with E-state index in [1.165, 1.54) is 37.4 Å². The van der Waals surface area contributed by atoms with E-state index in [1.807, 2.05) is 0 Å². The van der Waals surface area contributed by atoms with Crippen molar-refractivity contribution < 1.29 is 40.8 Å². The molecular weight excluding hydrogens is 616 g/mol. The molecule has 2 aromatic carbocycles. The Morgan fingerprint density at radius 1 is 1.07 bits per heavy atom. The Balaban J connectivity index is 1.86. The van der Waals surface area contributed by atoms with E-state index in [2.05, 4.69) is 20.0 Å². The van der Waals surface area contributed by atoms with E-state index in [4.69, 9.17) is 21.1 Å². The van der Waals surface area contributed by atoms with Crippen LogP contribution < -0.4 is 15.4 Å². The maximum Gasteiger partial charge on any atom is 0.417 e. The Labute approximate surface area is 251 Å². The fourth-order valence-electron chi connectivity index (χ4n) is 3.55. The van der Waals surface area contributed by atoms with Gasteiger partial charge >= 0.3 is 12.3 Å². The number of pyridine rings is 1. The molecule has 0 bridgehead atoms. The van der Waals surface area contributed by atoms with Crippen LogP contribution >= 0.6 is 11.6 Å². The molecule has 9 nitrogen and oxygen atoms in total. The number of aromatic nitrogens is 1. The van der Waals surface area contributed by atoms with Gasteiger partial charge in [0.15, 0.2) is 0 Å². The van der Waals surface area contributed by atoms with Crippen molar-refractivity contribution in [3.8, 4) is 11.5 Å². The number of anilines is 1. The number of rotatable bonds is 8. The van der Waals surface area contributed by atoms with Gasteiger partial charge in [-0.05, 0) is 70.2 Å². The van der Waals surface area contributed by atoms with Gasteiger partial charge in [-0.1, -0.05) is 17.7 Å². The Morgan fingerprint density at radius 2 is 1.77 bits per heavy atom. The summed E-state index contributed by atoms with van der Waals surface area (Å²) in [6.07, 6.45) is -4.13. The molecule has 15 heteroatoms. The Kier molecular flexibility index (Phi) is 10.3. The topological polar surface area (TPSA) is 119 Å². The van der Waals surface area contributed by atoms with E-state index in [1.54, 1.807) is 20.8 Å². The van der Waals surface area contributed by atoms with Gasteiger partial charge in [0.1, 0.15) is 17.1 Å². The van der Waals surface area contributed by atoms with Gasteiger partial charge in [0.2, 0.25) is 5.95 Å². The largest absolute Gasteiger partial charge is 0.455 e. The lowest BCUT2D eigenvalue weighted by Crippen LogP contribution is -2.33. The molecule has 43 heavy (non-hydrogen) atoms. The second kappa shape index (κ2) is 13.2. The zero-order valence-corrected chi connectivity index (χ0v) is 25.3. The third kappa shape index (κ3) is 9.55. The highest BCUT2D eigenvalue weighted by Gasteiger charge is 2.35. The summed E-state index contributed by atoms with van der Waals surface area (Å²) in [6, 6.07) is 9.39. The summed E-state index contributed by atoms with van der Waals surface area (Å²) in [5.41, 5.74) is -2.10. The molecule has 0 saturated carbocycles. The third-order valence-electron chi connectivity index (χ3n) is 5.49. The number of ether oxygens (including phenoxy) is 2. The predicted octanol–water partition coefficient (Wildman–Crippen LogP) is 7.23. The van der Waals surface area contributed by atoms with Crippen LogP contribution in [0.5, 0.6) is 11.5 Å². The van der Waals surface area contributed by atoms with E-state index in [9.17, 15) is 31.4 Å². The van der Waals surface area contributed by atoms with Gasteiger partial charge in [0.25, 0.3) is 5.91 Å². The van der Waals surface area contributed by atoms with E-state index < -0.39 is 55.8 Å². The number of carbonyl (C=O) groups excluding carboxylic acids is 2. The van der Waals surface area contributed by atoms with Crippen LogP contribution in [-0.4, -0.2) is 46.1 Å². The number of amides is 2. The molecule has 232 valence electrons. The second-order valence-corrected chi connectivity index (χ2v) is 13.0. The van der Waals surface area contributed by atoms with Gasteiger partial charge in [-0.25, -0.2) is 18.4 Å². The van der Waals surface area contributed by atoms with E-state index in [-0.39, 0.29) is 40.7 Å². The van der Waals surface area contributed by atoms with Crippen LogP contribution in [0.15, 0.2) is 57.8 Å². The number of carbonyl (C=O) groups is 2. The smallest absolute Gasteiger partial charge is 0.417 e. The molecule has 1 heterocycles. The summed E-state index contributed by atoms with van der Waals surface area (Å²) < 4.78 is 82.3. The molecule has 0 aliphatic rings. The monoisotopic (exact) mass is 644 g/mol. The Morgan fingerprint density at radius 3 is 2.40 bits per heavy atom. The van der Waals surface area contributed by atoms with Crippen LogP contribution in [0.3, 0.4) is 0 Å². The summed E-state index contributed by atoms with van der Waals surface area (Å²) >= 11 is 5.88. The van der Waals surface area contributed by atoms with Crippen molar-refractivity contribution in [1.82, 2.24) is 10.3 Å². The number of aryl methyl sites for hydroxylation is 1. The third-order valence-corrected chi connectivity index (χ3v) is 7.61. The molecule has 1 atom stereocenters. The number of hydrogen-bond acceptors (Lipinski definition) is 7. The maximum absolute atomic E-state index is 13.6. The van der Waals surface area contributed by atoms with Crippen molar-refractivity contribution >= 4 is 39.0 Å². The quantitative estimate of drug-likeness (QED) is 0.152. The standard InChI is InChI=1S/C28H29ClF4N4O5S/c1-16-22(9-10-24(30)36-16)41-23-15-20(28(31,32)33)21(29)14-19(23)25(38)37-17-7-6-8-18(13-17)43(5,40)35-12-11-34-26(39)42-27(2,3)4/h6-10,13-15H,11-12H2,1-5H3,(H,34,39)(H,37,38)/t43-/m1/s1. The highest BCUT2D eigenvalue weighted by Crippen LogP contribution is 2.40. The molecule has 1 aromatic heterocycles. The van der Waals surface area contributed by atoms with Gasteiger partial charge in [-0.2, -0.15) is 17.6 Å². The van der Waals surface area contributed by atoms with Crippen molar-refractivity contribution in [3.05, 3.63) is 76.3 Å². The summed E-state index contributed by atoms with van der Waals surface area (Å²) in [4.78, 5) is 28.9. The molecule has 3 aromatic rings. The SMILES string of the molecule is Cc1nc(F)ccc1Oc1cc(C(F)(F)F)c(Cl)cc1C(=O)Nc1cccc([S@@](C)(=O)=NCCNC(=O)OC(C)(C)C)c1. The van der Waals surface area contributed by atoms with Gasteiger partial charge < -0.3 is 20.1 Å². The molecule has 0 aliphatic heterocycles. The van der Waals surface area contributed by atoms with Crippen LogP contribution in [-0.2, 0) is 20.6 Å². The molecule has 0 saturated heterocycles. The number of alkyl halides is 3. The first-order valence-electron chi connectivity index (χ1n) is 12.6. The first kappa shape index (κ1) is 33.6. The average Bonchev–Trinajstić information content (AvgIpc) is 2.87. The van der Waals surface area contributed by atoms with E-state index in [0.717, 1.165) is 18.2 Å². The normalized spacial score (nSPS) is 13.1. The minimum absolute atomic E-state index is 0.00751. The molecule has 0 aliphatic carbocycles. The highest BCUT2D eigenvalue weighted by molar-refractivity contribution is 7.93. The van der Waals surface area contributed by atoms with Crippen LogP contribution in [0.1, 0.15) is 42.4 Å². The number of nitrogens with one attached hydrogen (secondary N) is 2. The first-order valence-corrected chi connectivity index (χ1v) is 14.9. The van der Waals surface area contributed by atoms with Gasteiger partial charge in [-0.3, -0.25) is 4.79 Å². The fraction of sp³-hybridized carbons (Fsp3) is 0.321. The average molecular weight is 645 g/mol. The van der Waals surface area contributed by atoms with E-state index >= 15 is 0 Å². The Hall–Kier alpha value is -3.91. The number of hydrogen-bond donors (Lipinski definition) is 2. The minimum atomic E-state index is -4.86. The van der Waals surface area contributed by atoms with Gasteiger partial charge in [0, 0.05) is 23.4 Å². The molecule has 3 rings (SSSR count). The molecule has 2 amide bonds. The van der Waals surface area contributed by atoms with Crippen LogP contribution in [0, 0.1) is 12.9 Å². The zero-order chi connectivity index (χ0) is 32.2. The molecule has 0 radical (unpaired) electrons. The summed E-state index contributed by atoms with van der Waals surface area (Å²) in [5.74, 6) is -2.31. The first-order chi connectivity index (χ1) is 19.9. The zero-order valence-electron chi connectivity index (χ0n) is 23.8. The molecule has 0 spiro atoms. The number of halogens is 5. The molecule has 0 unspecified atom stereocenters. The lowest BCUT2D eigenvalue weighted by molar-refractivity contribution is -0.137. The van der Waals surface area contributed by atoms with Crippen molar-refractivity contribution in [3.63, 3.8) is 0 Å². The maximum atomic E-state index is 13.6. The van der Waals surface area contributed by atoms with Crippen molar-refractivity contribution in [1.29, 1.82) is 0 Å². The lowest BCUT2D eigenvalue weighted by atomic mass is 10.1. The van der Waals surface area contributed by atoms with Gasteiger partial charge in [-0.15, -0.1) is 0 Å². The van der Waals surface area contributed by atoms with Gasteiger partial charge in [0.05, 0.1) is 38.1 Å². The summed E-state index contributed by atoms with van der Waals surface area (Å²) in [5, 5.41) is 4.30. The molecule has 2 N–H and O–H groups in total. The van der Waals surface area contributed by atoms with Crippen LogP contribution in [0.4, 0.5) is 28.0 Å². The van der Waals surface area contributed by atoms with E-state index in [0.29, 0.717) is 6.07 Å². The highest BCUT2D eigenvalue weighted by atomic mass is 35.5. The number of benzene rings is 2. The van der Waals surface area contributed by atoms with Crippen molar-refractivity contribution in [2.45, 2.75) is 44.4 Å². The molecule has 0 fully saturated rings. The van der Waals surface area contributed by atoms with Crippen LogP contribution in [0.25, 0.3) is 0 Å². The second-order valence-electron chi connectivity index (χ2n) is 10.2. The fourth-order valence-corrected chi connectivity index (χ4v) is 5.09. The van der Waals surface area contributed by atoms with Crippen LogP contribution in [0.2, 0.25) is 5.02 Å². The van der Waals surface area contributed by atoms with Crippen molar-refractivity contribution in [2.75, 3.05) is 24.7 Å². The Bertz CT molecular complexity index is 1650. The minimum Gasteiger partial charge on any atom is -0.455 e. The number of alkyl carbamates (subject to hydrolysis) is 1. The summed E-state index contributed by atoms with van der Waals surface area (Å²) in [7, 11) is -2.98. The van der Waals surface area contributed by atoms with Crippen molar-refractivity contribution in [2.24, 2.45) is 4.36 Å². The number of nitrogens with zero attached hydrogens (tertiary/aromatic N) is 2. The lowest BCUT2D eigenvalue weighted by Gasteiger charge is -2.19. The summed E-state index contributed by atoms with van der Waals surface area (Å²) in [6.45, 7) is 6.60. The predicted molar refractivity (Wildman–Crippen MR) is 154 cm³/mol. The molecular formula is C28H29ClF4N4O5S.